The van der Waals surface area contributed by atoms with Crippen LogP contribution in [0.2, 0.25) is 0 Å². The molecule has 1 saturated heterocycles. The average Bonchev–Trinajstić information content (AvgIpc) is 3.45. The summed E-state index contributed by atoms with van der Waals surface area (Å²) in [6.45, 7) is 0.256. The molecule has 10 nitrogen and oxygen atoms in total. The van der Waals surface area contributed by atoms with Crippen molar-refractivity contribution in [1.29, 1.82) is 0 Å². The Labute approximate surface area is 171 Å². The molecule has 4 heterocycles. The number of ether oxygens (including phenoxy) is 1. The number of hydrogen-bond donors (Lipinski definition) is 5. The van der Waals surface area contributed by atoms with Crippen LogP contribution < -0.4 is 5.32 Å². The van der Waals surface area contributed by atoms with Gasteiger partial charge >= 0.3 is 0 Å². The van der Waals surface area contributed by atoms with Gasteiger partial charge in [-0.1, -0.05) is 18.2 Å². The first-order valence-electron chi connectivity index (χ1n) is 9.76. The molecule has 0 aliphatic carbocycles. The van der Waals surface area contributed by atoms with E-state index in [0.29, 0.717) is 23.5 Å². The van der Waals surface area contributed by atoms with Crippen LogP contribution in [0.1, 0.15) is 11.8 Å². The molecule has 4 atom stereocenters. The van der Waals surface area contributed by atoms with Gasteiger partial charge in [-0.25, -0.2) is 15.0 Å². The highest BCUT2D eigenvalue weighted by Crippen LogP contribution is 2.32. The Balaban J connectivity index is 1.35. The lowest BCUT2D eigenvalue weighted by atomic mass is 10.1. The summed E-state index contributed by atoms with van der Waals surface area (Å²) in [5, 5.41) is 34.1. The number of para-hydroxylation sites is 1. The second-order valence-corrected chi connectivity index (χ2v) is 7.31. The van der Waals surface area contributed by atoms with Gasteiger partial charge in [0.2, 0.25) is 0 Å². The first kappa shape index (κ1) is 18.9. The molecule has 0 radical (unpaired) electrons. The largest absolute Gasteiger partial charge is 0.394 e. The molecular formula is C20H22N6O4. The maximum atomic E-state index is 10.3. The number of nitrogens with one attached hydrogen (secondary N) is 2. The number of imidazole rings is 1. The Morgan fingerprint density at radius 2 is 2.00 bits per heavy atom. The van der Waals surface area contributed by atoms with Crippen molar-refractivity contribution in [2.45, 2.75) is 31.0 Å². The molecule has 3 aromatic heterocycles. The number of hydrogen-bond acceptors (Lipinski definition) is 8. The van der Waals surface area contributed by atoms with Gasteiger partial charge in [-0.2, -0.15) is 0 Å². The molecule has 5 N–H and O–H groups in total. The van der Waals surface area contributed by atoms with Crippen molar-refractivity contribution in [2.75, 3.05) is 18.5 Å². The van der Waals surface area contributed by atoms with Crippen molar-refractivity contribution < 1.29 is 20.1 Å². The van der Waals surface area contributed by atoms with E-state index in [1.807, 2.05) is 24.4 Å². The van der Waals surface area contributed by atoms with E-state index in [1.54, 1.807) is 4.57 Å². The van der Waals surface area contributed by atoms with Crippen LogP contribution in [-0.2, 0) is 11.2 Å². The van der Waals surface area contributed by atoms with Crippen molar-refractivity contribution in [3.63, 3.8) is 0 Å². The quantitative estimate of drug-likeness (QED) is 0.311. The highest BCUT2D eigenvalue weighted by Gasteiger charge is 2.44. The zero-order chi connectivity index (χ0) is 20.7. The van der Waals surface area contributed by atoms with Gasteiger partial charge in [0.15, 0.2) is 23.2 Å². The number of aliphatic hydroxyl groups is 3. The fraction of sp³-hybridized carbons (Fsp3) is 0.350. The van der Waals surface area contributed by atoms with Crippen molar-refractivity contribution in [2.24, 2.45) is 0 Å². The smallest absolute Gasteiger partial charge is 0.167 e. The molecule has 10 heteroatoms. The summed E-state index contributed by atoms with van der Waals surface area (Å²) < 4.78 is 7.13. The van der Waals surface area contributed by atoms with Gasteiger partial charge in [0.25, 0.3) is 0 Å². The first-order chi connectivity index (χ1) is 14.7. The number of aromatic amines is 1. The van der Waals surface area contributed by atoms with Gasteiger partial charge in [-0.3, -0.25) is 4.57 Å². The van der Waals surface area contributed by atoms with Gasteiger partial charge in [0.05, 0.1) is 12.9 Å². The number of anilines is 1. The number of H-pyrrole nitrogens is 1. The normalized spacial score (nSPS) is 24.1. The molecule has 4 aromatic rings. The minimum Gasteiger partial charge on any atom is -0.394 e. The zero-order valence-corrected chi connectivity index (χ0v) is 16.0. The zero-order valence-electron chi connectivity index (χ0n) is 16.0. The fourth-order valence-electron chi connectivity index (χ4n) is 3.93. The van der Waals surface area contributed by atoms with Crippen LogP contribution in [0.15, 0.2) is 43.1 Å². The molecule has 1 aliphatic rings. The van der Waals surface area contributed by atoms with Crippen LogP contribution in [0, 0.1) is 0 Å². The molecule has 0 amide bonds. The Morgan fingerprint density at radius 1 is 1.13 bits per heavy atom. The van der Waals surface area contributed by atoms with E-state index in [9.17, 15) is 15.3 Å². The van der Waals surface area contributed by atoms with Gasteiger partial charge in [-0.15, -0.1) is 0 Å². The summed E-state index contributed by atoms with van der Waals surface area (Å²) in [5.74, 6) is 0.574. The Morgan fingerprint density at radius 3 is 2.83 bits per heavy atom. The van der Waals surface area contributed by atoms with E-state index in [-0.39, 0.29) is 0 Å². The molecule has 1 aliphatic heterocycles. The molecule has 1 unspecified atom stereocenters. The first-order valence-corrected chi connectivity index (χ1v) is 9.76. The molecule has 0 spiro atoms. The van der Waals surface area contributed by atoms with Crippen molar-refractivity contribution >= 4 is 27.9 Å². The molecule has 0 saturated carbocycles. The van der Waals surface area contributed by atoms with E-state index in [1.165, 1.54) is 23.6 Å². The lowest BCUT2D eigenvalue weighted by molar-refractivity contribution is -0.0511. The second-order valence-electron chi connectivity index (χ2n) is 7.31. The van der Waals surface area contributed by atoms with Crippen LogP contribution in [0.4, 0.5) is 5.82 Å². The van der Waals surface area contributed by atoms with E-state index >= 15 is 0 Å². The molecule has 5 rings (SSSR count). The summed E-state index contributed by atoms with van der Waals surface area (Å²) in [6.07, 6.45) is 1.57. The molecule has 156 valence electrons. The van der Waals surface area contributed by atoms with Crippen molar-refractivity contribution in [3.05, 3.63) is 48.7 Å². The molecular weight excluding hydrogens is 388 g/mol. The Hall–Kier alpha value is -3.05. The molecule has 1 fully saturated rings. The highest BCUT2D eigenvalue weighted by molar-refractivity contribution is 5.84. The third-order valence-electron chi connectivity index (χ3n) is 5.51. The Bertz CT molecular complexity index is 1170. The average molecular weight is 410 g/mol. The SMILES string of the molecule is OC[C@H]1OC(n2cnc3c(NCCc4c[nH]c5ccccc45)ncnc32)[C@H](O)[C@@H]1O. The topological polar surface area (TPSA) is 141 Å². The molecule has 30 heavy (non-hydrogen) atoms. The number of fused-ring (bicyclic) bond motifs is 2. The van der Waals surface area contributed by atoms with Crippen LogP contribution in [0.5, 0.6) is 0 Å². The van der Waals surface area contributed by atoms with Gasteiger partial charge in [0.1, 0.15) is 24.6 Å². The van der Waals surface area contributed by atoms with E-state index in [2.05, 4.69) is 31.3 Å². The van der Waals surface area contributed by atoms with Gasteiger partial charge in [-0.05, 0) is 18.1 Å². The predicted octanol–water partition coefficient (Wildman–Crippen LogP) is 0.574. The third-order valence-corrected chi connectivity index (χ3v) is 5.51. The van der Waals surface area contributed by atoms with Crippen LogP contribution >= 0.6 is 0 Å². The van der Waals surface area contributed by atoms with Crippen LogP contribution in [-0.4, -0.2) is 71.3 Å². The summed E-state index contributed by atoms with van der Waals surface area (Å²) in [6, 6.07) is 8.16. The maximum absolute atomic E-state index is 10.3. The molecule has 0 bridgehead atoms. The monoisotopic (exact) mass is 410 g/mol. The minimum atomic E-state index is -1.20. The molecule has 1 aromatic carbocycles. The summed E-state index contributed by atoms with van der Waals surface area (Å²) in [5.41, 5.74) is 3.32. The summed E-state index contributed by atoms with van der Waals surface area (Å²) >= 11 is 0. The highest BCUT2D eigenvalue weighted by atomic mass is 16.6. The number of aromatic nitrogens is 5. The predicted molar refractivity (Wildman–Crippen MR) is 109 cm³/mol. The fourth-order valence-corrected chi connectivity index (χ4v) is 3.93. The number of aliphatic hydroxyl groups excluding tert-OH is 3. The summed E-state index contributed by atoms with van der Waals surface area (Å²) in [4.78, 5) is 16.2. The van der Waals surface area contributed by atoms with Gasteiger partial charge in [0, 0.05) is 23.6 Å². The number of benzene rings is 1. The second kappa shape index (κ2) is 7.65. The Kier molecular flexibility index (Phi) is 4.83. The maximum Gasteiger partial charge on any atom is 0.167 e. The lowest BCUT2D eigenvalue weighted by Crippen LogP contribution is -2.33. The number of nitrogens with zero attached hydrogens (tertiary/aromatic N) is 4. The van der Waals surface area contributed by atoms with Gasteiger partial charge < -0.3 is 30.4 Å². The minimum absolute atomic E-state index is 0.392. The van der Waals surface area contributed by atoms with Crippen LogP contribution in [0.3, 0.4) is 0 Å². The lowest BCUT2D eigenvalue weighted by Gasteiger charge is -2.16. The van der Waals surface area contributed by atoms with Crippen LogP contribution in [0.25, 0.3) is 22.1 Å². The van der Waals surface area contributed by atoms with Crippen molar-refractivity contribution in [3.8, 4) is 0 Å². The van der Waals surface area contributed by atoms with E-state index in [0.717, 1.165) is 11.9 Å². The van der Waals surface area contributed by atoms with Crippen molar-refractivity contribution in [1.82, 2.24) is 24.5 Å². The number of rotatable bonds is 6. The van der Waals surface area contributed by atoms with E-state index < -0.39 is 31.1 Å². The summed E-state index contributed by atoms with van der Waals surface area (Å²) in [7, 11) is 0. The third kappa shape index (κ3) is 3.10. The standard InChI is InChI=1S/C20H22N6O4/c27-8-14-16(28)17(29)20(30-14)26-10-25-15-18(23-9-24-19(15)26)21-6-5-11-7-22-13-4-2-1-3-12(11)13/h1-4,7,9-10,14,16-17,20,22,27-29H,5-6,8H2,(H,21,23,24)/t14-,16-,17-,20?/m1/s1. The van der Waals surface area contributed by atoms with E-state index in [4.69, 9.17) is 4.74 Å².